The third-order valence-electron chi connectivity index (χ3n) is 3.94. The predicted octanol–water partition coefficient (Wildman–Crippen LogP) is 3.62. The van der Waals surface area contributed by atoms with Gasteiger partial charge in [-0.1, -0.05) is 26.0 Å². The molecular weight excluding hydrogens is 362 g/mol. The molecule has 0 aliphatic rings. The van der Waals surface area contributed by atoms with E-state index >= 15 is 0 Å². The van der Waals surface area contributed by atoms with Crippen LogP contribution < -0.4 is 4.90 Å². The average molecular weight is 385 g/mol. The van der Waals surface area contributed by atoms with Crippen molar-refractivity contribution in [3.05, 3.63) is 46.6 Å². The molecule has 0 bridgehead atoms. The smallest absolute Gasteiger partial charge is 0.303 e. The summed E-state index contributed by atoms with van der Waals surface area (Å²) in [6.07, 6.45) is 0.832. The zero-order chi connectivity index (χ0) is 20.0. The molecule has 7 heteroatoms. The van der Waals surface area contributed by atoms with Gasteiger partial charge in [0.1, 0.15) is 5.00 Å². The highest BCUT2D eigenvalue weighted by Gasteiger charge is 2.23. The maximum absolute atomic E-state index is 12.8. The van der Waals surface area contributed by atoms with Gasteiger partial charge in [-0.3, -0.25) is 14.5 Å². The van der Waals surface area contributed by atoms with Crippen LogP contribution in [-0.4, -0.2) is 22.9 Å². The van der Waals surface area contributed by atoms with Gasteiger partial charge in [0.05, 0.1) is 23.9 Å². The van der Waals surface area contributed by atoms with Crippen molar-refractivity contribution in [1.82, 2.24) is 4.37 Å². The third-order valence-corrected chi connectivity index (χ3v) is 4.95. The second kappa shape index (κ2) is 9.28. The van der Waals surface area contributed by atoms with E-state index in [-0.39, 0.29) is 19.1 Å². The molecule has 1 aromatic carbocycles. The Morgan fingerprint density at radius 1 is 1.37 bits per heavy atom. The number of amides is 1. The van der Waals surface area contributed by atoms with Crippen LogP contribution in [0.4, 0.5) is 5.00 Å². The van der Waals surface area contributed by atoms with E-state index in [0.717, 1.165) is 28.2 Å². The zero-order valence-corrected chi connectivity index (χ0v) is 16.8. The first-order chi connectivity index (χ1) is 12.8. The Hall–Kier alpha value is -2.72. The number of nitriles is 1. The Morgan fingerprint density at radius 2 is 2.11 bits per heavy atom. The molecule has 0 saturated carbocycles. The first kappa shape index (κ1) is 20.6. The molecule has 0 aliphatic heterocycles. The quantitative estimate of drug-likeness (QED) is 0.680. The number of anilines is 1. The van der Waals surface area contributed by atoms with Crippen molar-refractivity contribution in [1.29, 1.82) is 5.26 Å². The van der Waals surface area contributed by atoms with Crippen LogP contribution in [0.15, 0.2) is 24.3 Å². The van der Waals surface area contributed by atoms with Gasteiger partial charge in [0.15, 0.2) is 6.61 Å². The molecule has 0 atom stereocenters. The second-order valence-electron chi connectivity index (χ2n) is 6.73. The normalized spacial score (nSPS) is 10.5. The molecule has 0 unspecified atom stereocenters. The number of carbonyl (C=O) groups is 2. The first-order valence-electron chi connectivity index (χ1n) is 8.69. The van der Waals surface area contributed by atoms with Crippen molar-refractivity contribution < 1.29 is 14.3 Å². The molecule has 1 amide bonds. The fourth-order valence-electron chi connectivity index (χ4n) is 2.62. The van der Waals surface area contributed by atoms with E-state index in [1.54, 1.807) is 23.1 Å². The zero-order valence-electron chi connectivity index (χ0n) is 16.0. The minimum atomic E-state index is -0.503. The van der Waals surface area contributed by atoms with E-state index in [1.807, 2.05) is 13.0 Å². The lowest BCUT2D eigenvalue weighted by Crippen LogP contribution is -2.34. The SMILES string of the molecule is CC(=O)OCC(=O)N(Cc1cccc(C#N)c1)c1snc(CC(C)C)c1C. The summed E-state index contributed by atoms with van der Waals surface area (Å²) in [6, 6.07) is 9.21. The first-order valence-corrected chi connectivity index (χ1v) is 9.47. The number of carbonyl (C=O) groups excluding carboxylic acids is 2. The van der Waals surface area contributed by atoms with Crippen molar-refractivity contribution in [2.75, 3.05) is 11.5 Å². The highest BCUT2D eigenvalue weighted by Crippen LogP contribution is 2.31. The Kier molecular flexibility index (Phi) is 7.08. The van der Waals surface area contributed by atoms with E-state index in [1.165, 1.54) is 18.5 Å². The van der Waals surface area contributed by atoms with Crippen LogP contribution in [0.1, 0.15) is 43.2 Å². The predicted molar refractivity (Wildman–Crippen MR) is 104 cm³/mol. The number of benzene rings is 1. The van der Waals surface area contributed by atoms with Gasteiger partial charge in [-0.2, -0.15) is 9.64 Å². The molecule has 0 spiro atoms. The van der Waals surface area contributed by atoms with Crippen LogP contribution in [0.25, 0.3) is 0 Å². The van der Waals surface area contributed by atoms with Crippen molar-refractivity contribution in [2.24, 2.45) is 5.92 Å². The largest absolute Gasteiger partial charge is 0.456 e. The average Bonchev–Trinajstić information content (AvgIpc) is 2.97. The highest BCUT2D eigenvalue weighted by atomic mass is 32.1. The van der Waals surface area contributed by atoms with Gasteiger partial charge in [0.25, 0.3) is 5.91 Å². The van der Waals surface area contributed by atoms with Gasteiger partial charge in [-0.25, -0.2) is 0 Å². The standard InChI is InChI=1S/C20H23N3O3S/c1-13(2)8-18-14(3)20(27-22-18)23(19(25)12-26-15(4)24)11-17-7-5-6-16(9-17)10-21/h5-7,9,13H,8,11-12H2,1-4H3. The van der Waals surface area contributed by atoms with Gasteiger partial charge in [-0.15, -0.1) is 0 Å². The lowest BCUT2D eigenvalue weighted by molar-refractivity contribution is -0.145. The van der Waals surface area contributed by atoms with Gasteiger partial charge in [0, 0.05) is 12.5 Å². The van der Waals surface area contributed by atoms with Gasteiger partial charge in [-0.05, 0) is 48.5 Å². The van der Waals surface area contributed by atoms with Gasteiger partial charge in [0.2, 0.25) is 0 Å². The maximum atomic E-state index is 12.8. The lowest BCUT2D eigenvalue weighted by Gasteiger charge is -2.22. The Morgan fingerprint density at radius 3 is 2.74 bits per heavy atom. The number of hydrogen-bond acceptors (Lipinski definition) is 6. The van der Waals surface area contributed by atoms with E-state index in [2.05, 4.69) is 24.3 Å². The van der Waals surface area contributed by atoms with Crippen molar-refractivity contribution in [3.63, 3.8) is 0 Å². The maximum Gasteiger partial charge on any atom is 0.303 e. The summed E-state index contributed by atoms with van der Waals surface area (Å²) >= 11 is 1.27. The summed E-state index contributed by atoms with van der Waals surface area (Å²) in [6.45, 7) is 7.41. The Balaban J connectivity index is 2.34. The number of esters is 1. The topological polar surface area (TPSA) is 83.3 Å². The van der Waals surface area contributed by atoms with E-state index in [4.69, 9.17) is 10.00 Å². The number of hydrogen-bond donors (Lipinski definition) is 0. The molecule has 27 heavy (non-hydrogen) atoms. The number of nitrogens with zero attached hydrogens (tertiary/aromatic N) is 3. The Bertz CT molecular complexity index is 868. The molecule has 0 aliphatic carbocycles. The highest BCUT2D eigenvalue weighted by molar-refractivity contribution is 7.10. The molecule has 0 saturated heterocycles. The molecule has 2 rings (SSSR count). The van der Waals surface area contributed by atoms with Crippen LogP contribution in [0.3, 0.4) is 0 Å². The summed E-state index contributed by atoms with van der Waals surface area (Å²) in [5.74, 6) is -0.372. The summed E-state index contributed by atoms with van der Waals surface area (Å²) in [7, 11) is 0. The van der Waals surface area contributed by atoms with Crippen molar-refractivity contribution in [2.45, 2.75) is 40.7 Å². The number of aromatic nitrogens is 1. The number of ether oxygens (including phenoxy) is 1. The van der Waals surface area contributed by atoms with Crippen molar-refractivity contribution in [3.8, 4) is 6.07 Å². The van der Waals surface area contributed by atoms with Gasteiger partial charge < -0.3 is 4.74 Å². The fraction of sp³-hybridized carbons (Fsp3) is 0.400. The summed E-state index contributed by atoms with van der Waals surface area (Å²) in [5.41, 5.74) is 3.28. The Labute approximate surface area is 163 Å². The van der Waals surface area contributed by atoms with Crippen LogP contribution in [0, 0.1) is 24.2 Å². The summed E-state index contributed by atoms with van der Waals surface area (Å²) in [5, 5.41) is 9.84. The molecular formula is C20H23N3O3S. The minimum absolute atomic E-state index is 0.278. The summed E-state index contributed by atoms with van der Waals surface area (Å²) in [4.78, 5) is 25.4. The molecule has 1 heterocycles. The number of rotatable bonds is 7. The van der Waals surface area contributed by atoms with E-state index in [0.29, 0.717) is 11.5 Å². The third kappa shape index (κ3) is 5.63. The monoisotopic (exact) mass is 385 g/mol. The van der Waals surface area contributed by atoms with Crippen molar-refractivity contribution >= 4 is 28.4 Å². The van der Waals surface area contributed by atoms with Crippen LogP contribution in [0.5, 0.6) is 0 Å². The summed E-state index contributed by atoms with van der Waals surface area (Å²) < 4.78 is 9.42. The fourth-order valence-corrected chi connectivity index (χ4v) is 3.55. The molecule has 0 N–H and O–H groups in total. The van der Waals surface area contributed by atoms with Crippen LogP contribution >= 0.6 is 11.5 Å². The molecule has 1 aromatic heterocycles. The van der Waals surface area contributed by atoms with Crippen LogP contribution in [-0.2, 0) is 27.3 Å². The minimum Gasteiger partial charge on any atom is -0.456 e. The second-order valence-corrected chi connectivity index (χ2v) is 7.48. The lowest BCUT2D eigenvalue weighted by atomic mass is 10.1. The molecule has 0 radical (unpaired) electrons. The molecule has 2 aromatic rings. The van der Waals surface area contributed by atoms with E-state index in [9.17, 15) is 9.59 Å². The molecule has 142 valence electrons. The molecule has 6 nitrogen and oxygen atoms in total. The van der Waals surface area contributed by atoms with Crippen LogP contribution in [0.2, 0.25) is 0 Å². The molecule has 0 fully saturated rings. The van der Waals surface area contributed by atoms with E-state index < -0.39 is 5.97 Å². The van der Waals surface area contributed by atoms with Gasteiger partial charge >= 0.3 is 5.97 Å².